The highest BCUT2D eigenvalue weighted by Crippen LogP contribution is 2.32. The first-order chi connectivity index (χ1) is 14.2. The van der Waals surface area contributed by atoms with Crippen LogP contribution in [-0.4, -0.2) is 41.2 Å². The summed E-state index contributed by atoms with van der Waals surface area (Å²) in [6.07, 6.45) is 5.89. The van der Waals surface area contributed by atoms with E-state index < -0.39 is 0 Å². The minimum absolute atomic E-state index is 0.234. The molecule has 150 valence electrons. The number of methoxy groups -OCH3 is 2. The quantitative estimate of drug-likeness (QED) is 0.685. The van der Waals surface area contributed by atoms with Gasteiger partial charge in [-0.15, -0.1) is 0 Å². The number of aromatic nitrogens is 3. The molecule has 8 nitrogen and oxygen atoms in total. The molecule has 0 unspecified atom stereocenters. The van der Waals surface area contributed by atoms with Crippen LogP contribution in [0.2, 0.25) is 0 Å². The second-order valence-corrected chi connectivity index (χ2v) is 6.94. The lowest BCUT2D eigenvalue weighted by Gasteiger charge is -2.12. The van der Waals surface area contributed by atoms with E-state index in [-0.39, 0.29) is 12.1 Å². The third-order valence-corrected chi connectivity index (χ3v) is 5.02. The van der Waals surface area contributed by atoms with Gasteiger partial charge in [-0.2, -0.15) is 0 Å². The van der Waals surface area contributed by atoms with E-state index in [2.05, 4.69) is 25.6 Å². The van der Waals surface area contributed by atoms with Crippen LogP contribution in [0.3, 0.4) is 0 Å². The molecule has 1 aromatic carbocycles. The average molecular weight is 393 g/mol. The predicted octanol–water partition coefficient (Wildman–Crippen LogP) is 3.77. The highest BCUT2D eigenvalue weighted by atomic mass is 16.5. The Morgan fingerprint density at radius 3 is 2.59 bits per heavy atom. The smallest absolute Gasteiger partial charge is 0.320 e. The van der Waals surface area contributed by atoms with Gasteiger partial charge in [0.1, 0.15) is 5.52 Å². The Kier molecular flexibility index (Phi) is 5.41. The molecule has 2 N–H and O–H groups in total. The van der Waals surface area contributed by atoms with E-state index in [1.807, 2.05) is 30.3 Å². The minimum atomic E-state index is -0.262. The van der Waals surface area contributed by atoms with Crippen molar-refractivity contribution in [3.8, 4) is 22.8 Å². The van der Waals surface area contributed by atoms with E-state index in [9.17, 15) is 4.79 Å². The summed E-state index contributed by atoms with van der Waals surface area (Å²) in [4.78, 5) is 25.6. The summed E-state index contributed by atoms with van der Waals surface area (Å²) in [5, 5.41) is 5.73. The summed E-state index contributed by atoms with van der Waals surface area (Å²) in [6, 6.07) is 9.29. The first-order valence-electron chi connectivity index (χ1n) is 9.60. The summed E-state index contributed by atoms with van der Waals surface area (Å²) in [5.41, 5.74) is 2.69. The van der Waals surface area contributed by atoms with Crippen LogP contribution < -0.4 is 20.1 Å². The average Bonchev–Trinajstić information content (AvgIpc) is 3.25. The number of urea groups is 1. The topological polar surface area (TPSA) is 98.3 Å². The van der Waals surface area contributed by atoms with Crippen molar-refractivity contribution in [2.45, 2.75) is 31.7 Å². The molecule has 0 bridgehead atoms. The maximum absolute atomic E-state index is 12.2. The molecule has 2 heterocycles. The Hall–Kier alpha value is -3.42. The van der Waals surface area contributed by atoms with Crippen LogP contribution in [0.1, 0.15) is 25.7 Å². The van der Waals surface area contributed by atoms with Gasteiger partial charge in [0, 0.05) is 11.6 Å². The van der Waals surface area contributed by atoms with Crippen molar-refractivity contribution in [2.24, 2.45) is 0 Å². The zero-order valence-electron chi connectivity index (χ0n) is 16.4. The van der Waals surface area contributed by atoms with E-state index in [1.165, 1.54) is 6.20 Å². The number of amides is 2. The monoisotopic (exact) mass is 393 g/mol. The van der Waals surface area contributed by atoms with Crippen LogP contribution in [0.15, 0.2) is 36.5 Å². The van der Waals surface area contributed by atoms with Crippen molar-refractivity contribution >= 4 is 23.0 Å². The number of anilines is 1. The highest BCUT2D eigenvalue weighted by Gasteiger charge is 2.17. The van der Waals surface area contributed by atoms with Crippen molar-refractivity contribution < 1.29 is 14.3 Å². The first kappa shape index (κ1) is 18.9. The number of hydrogen-bond acceptors (Lipinski definition) is 6. The summed E-state index contributed by atoms with van der Waals surface area (Å²) in [5.74, 6) is 1.64. The second kappa shape index (κ2) is 8.30. The number of rotatable bonds is 5. The van der Waals surface area contributed by atoms with Gasteiger partial charge in [-0.25, -0.2) is 19.7 Å². The lowest BCUT2D eigenvalue weighted by Crippen LogP contribution is -2.36. The van der Waals surface area contributed by atoms with Gasteiger partial charge in [-0.05, 0) is 43.2 Å². The van der Waals surface area contributed by atoms with Crippen molar-refractivity contribution in [1.29, 1.82) is 0 Å². The molecule has 0 atom stereocenters. The fourth-order valence-electron chi connectivity index (χ4n) is 3.52. The van der Waals surface area contributed by atoms with Crippen LogP contribution in [-0.2, 0) is 0 Å². The molecule has 0 spiro atoms. The standard InChI is InChI=1S/C21H23N5O3/c1-28-17-10-7-13(11-18(17)29-2)15-8-9-16-20(24-15)25-19(12-22-16)26-21(27)23-14-5-3-4-6-14/h7-12,14H,3-6H2,1-2H3,(H2,23,24,25,26,27). The normalized spacial score (nSPS) is 14.0. The van der Waals surface area contributed by atoms with Crippen LogP contribution in [0.5, 0.6) is 11.5 Å². The van der Waals surface area contributed by atoms with Crippen LogP contribution >= 0.6 is 0 Å². The number of carbonyl (C=O) groups excluding carboxylic acids is 1. The largest absolute Gasteiger partial charge is 0.493 e. The lowest BCUT2D eigenvalue weighted by molar-refractivity contribution is 0.248. The Labute approximate surface area is 168 Å². The fourth-order valence-corrected chi connectivity index (χ4v) is 3.52. The van der Waals surface area contributed by atoms with E-state index in [1.54, 1.807) is 14.2 Å². The van der Waals surface area contributed by atoms with Gasteiger partial charge in [0.05, 0.1) is 26.1 Å². The molecule has 1 saturated carbocycles. The number of pyridine rings is 1. The molecule has 2 aromatic heterocycles. The maximum Gasteiger partial charge on any atom is 0.320 e. The zero-order chi connectivity index (χ0) is 20.2. The van der Waals surface area contributed by atoms with Gasteiger partial charge in [-0.1, -0.05) is 12.8 Å². The van der Waals surface area contributed by atoms with Gasteiger partial charge in [0.2, 0.25) is 0 Å². The summed E-state index contributed by atoms with van der Waals surface area (Å²) in [7, 11) is 3.19. The number of fused-ring (bicyclic) bond motifs is 1. The minimum Gasteiger partial charge on any atom is -0.493 e. The van der Waals surface area contributed by atoms with Crippen LogP contribution in [0.4, 0.5) is 10.6 Å². The first-order valence-corrected chi connectivity index (χ1v) is 9.60. The molecule has 0 radical (unpaired) electrons. The Morgan fingerprint density at radius 2 is 1.83 bits per heavy atom. The number of nitrogens with one attached hydrogen (secondary N) is 2. The summed E-state index contributed by atoms with van der Waals surface area (Å²) in [6.45, 7) is 0. The Morgan fingerprint density at radius 1 is 1.03 bits per heavy atom. The van der Waals surface area contributed by atoms with Gasteiger partial charge < -0.3 is 14.8 Å². The van der Waals surface area contributed by atoms with Crippen LogP contribution in [0, 0.1) is 0 Å². The van der Waals surface area contributed by atoms with E-state index in [0.717, 1.165) is 36.9 Å². The molecule has 3 aromatic rings. The Bertz CT molecular complexity index is 1030. The van der Waals surface area contributed by atoms with Crippen molar-refractivity contribution in [3.63, 3.8) is 0 Å². The molecule has 1 fully saturated rings. The van der Waals surface area contributed by atoms with Gasteiger partial charge in [0.15, 0.2) is 23.0 Å². The second-order valence-electron chi connectivity index (χ2n) is 6.94. The molecule has 2 amide bonds. The molecule has 1 aliphatic carbocycles. The molecule has 4 rings (SSSR count). The fraction of sp³-hybridized carbons (Fsp3) is 0.333. The number of carbonyl (C=O) groups is 1. The Balaban J connectivity index is 1.57. The summed E-state index contributed by atoms with van der Waals surface area (Å²) < 4.78 is 10.7. The molecule has 1 aliphatic rings. The molecule has 29 heavy (non-hydrogen) atoms. The zero-order valence-corrected chi connectivity index (χ0v) is 16.4. The summed E-state index contributed by atoms with van der Waals surface area (Å²) >= 11 is 0. The number of hydrogen-bond donors (Lipinski definition) is 2. The number of benzene rings is 1. The number of nitrogens with zero attached hydrogens (tertiary/aromatic N) is 3. The van der Waals surface area contributed by atoms with Gasteiger partial charge in [-0.3, -0.25) is 5.32 Å². The lowest BCUT2D eigenvalue weighted by atomic mass is 10.1. The van der Waals surface area contributed by atoms with E-state index in [0.29, 0.717) is 28.5 Å². The SMILES string of the molecule is COc1ccc(-c2ccc3ncc(NC(=O)NC4CCCC4)nc3n2)cc1OC. The van der Waals surface area contributed by atoms with Gasteiger partial charge >= 0.3 is 6.03 Å². The molecular formula is C21H23N5O3. The maximum atomic E-state index is 12.2. The number of ether oxygens (including phenoxy) is 2. The third-order valence-electron chi connectivity index (χ3n) is 5.02. The van der Waals surface area contributed by atoms with Crippen molar-refractivity contribution in [1.82, 2.24) is 20.3 Å². The molecule has 8 heteroatoms. The molecule has 0 saturated heterocycles. The van der Waals surface area contributed by atoms with Crippen molar-refractivity contribution in [2.75, 3.05) is 19.5 Å². The predicted molar refractivity (Wildman–Crippen MR) is 110 cm³/mol. The van der Waals surface area contributed by atoms with Gasteiger partial charge in [0.25, 0.3) is 0 Å². The highest BCUT2D eigenvalue weighted by molar-refractivity contribution is 5.89. The van der Waals surface area contributed by atoms with Crippen LogP contribution in [0.25, 0.3) is 22.4 Å². The van der Waals surface area contributed by atoms with E-state index in [4.69, 9.17) is 9.47 Å². The van der Waals surface area contributed by atoms with E-state index >= 15 is 0 Å². The third kappa shape index (κ3) is 4.21. The molecular weight excluding hydrogens is 370 g/mol. The molecule has 0 aliphatic heterocycles. The van der Waals surface area contributed by atoms with Crippen molar-refractivity contribution in [3.05, 3.63) is 36.5 Å².